The van der Waals surface area contributed by atoms with Gasteiger partial charge in [-0.25, -0.2) is 4.79 Å². The molecular formula is C10H20N2O2. The molecule has 4 heteroatoms. The molecule has 0 amide bonds. The monoisotopic (exact) mass is 200 g/mol. The van der Waals surface area contributed by atoms with Crippen LogP contribution in [0.2, 0.25) is 0 Å². The highest BCUT2D eigenvalue weighted by atomic mass is 16.5. The summed E-state index contributed by atoms with van der Waals surface area (Å²) >= 11 is 0. The molecule has 0 saturated carbocycles. The Hall–Kier alpha value is -1.32. The number of rotatable bonds is 3. The molecule has 0 aliphatic rings. The van der Waals surface area contributed by atoms with Gasteiger partial charge in [0.15, 0.2) is 0 Å². The largest absolute Gasteiger partial charge is 0.462 e. The van der Waals surface area contributed by atoms with E-state index in [1.54, 1.807) is 20.9 Å². The van der Waals surface area contributed by atoms with Gasteiger partial charge in [0.25, 0.3) is 0 Å². The number of nitrogens with two attached hydrogens (primary N) is 1. The van der Waals surface area contributed by atoms with Crippen LogP contribution in [0.5, 0.6) is 0 Å². The highest BCUT2D eigenvalue weighted by Crippen LogP contribution is 1.98. The maximum Gasteiger partial charge on any atom is 0.341 e. The van der Waals surface area contributed by atoms with Crippen LogP contribution in [0.15, 0.2) is 16.3 Å². The van der Waals surface area contributed by atoms with Crippen LogP contribution in [-0.2, 0) is 9.53 Å². The lowest BCUT2D eigenvalue weighted by Gasteiger charge is -2.02. The van der Waals surface area contributed by atoms with Crippen LogP contribution in [-0.4, -0.2) is 25.8 Å². The van der Waals surface area contributed by atoms with Crippen molar-refractivity contribution in [3.05, 3.63) is 11.3 Å². The number of esters is 1. The van der Waals surface area contributed by atoms with Gasteiger partial charge in [0, 0.05) is 19.0 Å². The standard InChI is InChI=1S/C8H14N2O2.C2H6/c1-4-12-8(11)7(5-10-3)6(2)9;1-2/h5H,4,9H2,1-3H3;1-2H3/b7-6+,10-5?;. The Labute approximate surface area is 85.9 Å². The summed E-state index contributed by atoms with van der Waals surface area (Å²) in [6.45, 7) is 7.71. The molecule has 4 nitrogen and oxygen atoms in total. The van der Waals surface area contributed by atoms with Gasteiger partial charge >= 0.3 is 5.97 Å². The minimum absolute atomic E-state index is 0.319. The van der Waals surface area contributed by atoms with Crippen molar-refractivity contribution in [2.75, 3.05) is 13.7 Å². The van der Waals surface area contributed by atoms with Gasteiger partial charge in [0.1, 0.15) is 0 Å². The molecule has 0 aromatic carbocycles. The number of carbonyl (C=O) groups excluding carboxylic acids is 1. The van der Waals surface area contributed by atoms with Gasteiger partial charge in [0.2, 0.25) is 0 Å². The van der Waals surface area contributed by atoms with Crippen LogP contribution < -0.4 is 5.73 Å². The second-order valence-electron chi connectivity index (χ2n) is 2.20. The van der Waals surface area contributed by atoms with Crippen LogP contribution in [0.3, 0.4) is 0 Å². The molecule has 0 aromatic rings. The molecule has 0 unspecified atom stereocenters. The third-order valence-corrected chi connectivity index (χ3v) is 1.18. The highest BCUT2D eigenvalue weighted by molar-refractivity contribution is 6.09. The maximum atomic E-state index is 11.1. The van der Waals surface area contributed by atoms with Crippen molar-refractivity contribution in [1.29, 1.82) is 0 Å². The Morgan fingerprint density at radius 1 is 1.50 bits per heavy atom. The fourth-order valence-electron chi connectivity index (χ4n) is 0.653. The van der Waals surface area contributed by atoms with E-state index in [1.807, 2.05) is 13.8 Å². The molecular weight excluding hydrogens is 180 g/mol. The summed E-state index contributed by atoms with van der Waals surface area (Å²) in [7, 11) is 1.57. The molecule has 0 heterocycles. The van der Waals surface area contributed by atoms with Gasteiger partial charge in [0.05, 0.1) is 12.2 Å². The normalized spacial score (nSPS) is 11.5. The fraction of sp³-hybridized carbons (Fsp3) is 0.600. The minimum Gasteiger partial charge on any atom is -0.462 e. The topological polar surface area (TPSA) is 64.7 Å². The number of ether oxygens (including phenoxy) is 1. The van der Waals surface area contributed by atoms with E-state index in [4.69, 9.17) is 10.5 Å². The molecule has 0 rings (SSSR count). The summed E-state index contributed by atoms with van der Waals surface area (Å²) < 4.78 is 4.75. The van der Waals surface area contributed by atoms with Crippen LogP contribution in [0.25, 0.3) is 0 Å². The average molecular weight is 200 g/mol. The number of allylic oxidation sites excluding steroid dienone is 1. The lowest BCUT2D eigenvalue weighted by Crippen LogP contribution is -2.13. The van der Waals surface area contributed by atoms with E-state index in [0.29, 0.717) is 17.9 Å². The molecule has 14 heavy (non-hydrogen) atoms. The Bertz CT molecular complexity index is 216. The predicted octanol–water partition coefficient (Wildman–Crippen LogP) is 1.51. The van der Waals surface area contributed by atoms with E-state index in [1.165, 1.54) is 6.21 Å². The first-order chi connectivity index (χ1) is 6.63. The summed E-state index contributed by atoms with van der Waals surface area (Å²) in [5.74, 6) is -0.428. The maximum absolute atomic E-state index is 11.1. The fourth-order valence-corrected chi connectivity index (χ4v) is 0.653. The zero-order chi connectivity index (χ0) is 11.6. The van der Waals surface area contributed by atoms with Gasteiger partial charge in [-0.2, -0.15) is 0 Å². The van der Waals surface area contributed by atoms with E-state index in [-0.39, 0.29) is 0 Å². The number of nitrogens with zero attached hydrogens (tertiary/aromatic N) is 1. The molecule has 0 fully saturated rings. The van der Waals surface area contributed by atoms with Gasteiger partial charge in [-0.15, -0.1) is 0 Å². The van der Waals surface area contributed by atoms with Crippen molar-refractivity contribution in [2.45, 2.75) is 27.7 Å². The average Bonchev–Trinajstić information content (AvgIpc) is 2.17. The zero-order valence-electron chi connectivity index (χ0n) is 9.63. The second-order valence-corrected chi connectivity index (χ2v) is 2.20. The summed E-state index contributed by atoms with van der Waals surface area (Å²) in [5, 5.41) is 0. The summed E-state index contributed by atoms with van der Waals surface area (Å²) in [6.07, 6.45) is 1.40. The van der Waals surface area contributed by atoms with Crippen molar-refractivity contribution < 1.29 is 9.53 Å². The van der Waals surface area contributed by atoms with E-state index in [0.717, 1.165) is 0 Å². The van der Waals surface area contributed by atoms with Gasteiger partial charge in [-0.3, -0.25) is 4.99 Å². The summed E-state index contributed by atoms with van der Waals surface area (Å²) in [4.78, 5) is 14.8. The Morgan fingerprint density at radius 3 is 2.29 bits per heavy atom. The Morgan fingerprint density at radius 2 is 2.00 bits per heavy atom. The van der Waals surface area contributed by atoms with Crippen LogP contribution in [0, 0.1) is 0 Å². The molecule has 0 aromatic heterocycles. The first-order valence-corrected chi connectivity index (χ1v) is 4.69. The first kappa shape index (κ1) is 15.2. The first-order valence-electron chi connectivity index (χ1n) is 4.69. The quantitative estimate of drug-likeness (QED) is 0.426. The van der Waals surface area contributed by atoms with Gasteiger partial charge < -0.3 is 10.5 Å². The lowest BCUT2D eigenvalue weighted by molar-refractivity contribution is -0.137. The zero-order valence-corrected chi connectivity index (χ0v) is 9.63. The van der Waals surface area contributed by atoms with E-state index in [9.17, 15) is 4.79 Å². The number of carbonyl (C=O) groups is 1. The van der Waals surface area contributed by atoms with Crippen molar-refractivity contribution in [1.82, 2.24) is 0 Å². The molecule has 0 radical (unpaired) electrons. The predicted molar refractivity (Wildman–Crippen MR) is 59.3 cm³/mol. The Balaban J connectivity index is 0. The third-order valence-electron chi connectivity index (χ3n) is 1.18. The molecule has 0 saturated heterocycles. The molecule has 0 bridgehead atoms. The molecule has 0 atom stereocenters. The highest BCUT2D eigenvalue weighted by Gasteiger charge is 2.09. The van der Waals surface area contributed by atoms with Crippen LogP contribution in [0.1, 0.15) is 27.7 Å². The van der Waals surface area contributed by atoms with Crippen LogP contribution >= 0.6 is 0 Å². The number of hydrogen-bond acceptors (Lipinski definition) is 4. The van der Waals surface area contributed by atoms with E-state index < -0.39 is 5.97 Å². The van der Waals surface area contributed by atoms with Crippen molar-refractivity contribution >= 4 is 12.2 Å². The summed E-state index contributed by atoms with van der Waals surface area (Å²) in [5.41, 5.74) is 6.18. The molecule has 2 N–H and O–H groups in total. The molecule has 0 aliphatic heterocycles. The van der Waals surface area contributed by atoms with Crippen molar-refractivity contribution in [3.63, 3.8) is 0 Å². The number of aliphatic imine (C=N–C) groups is 1. The molecule has 82 valence electrons. The van der Waals surface area contributed by atoms with E-state index >= 15 is 0 Å². The second kappa shape index (κ2) is 9.77. The van der Waals surface area contributed by atoms with Crippen molar-refractivity contribution in [3.8, 4) is 0 Å². The SMILES string of the molecule is CC.CCOC(=O)/C(C=NC)=C(\C)N. The third kappa shape index (κ3) is 6.22. The number of hydrogen-bond donors (Lipinski definition) is 1. The summed E-state index contributed by atoms with van der Waals surface area (Å²) in [6, 6.07) is 0. The van der Waals surface area contributed by atoms with Crippen molar-refractivity contribution in [2.24, 2.45) is 10.7 Å². The molecule has 0 aliphatic carbocycles. The lowest BCUT2D eigenvalue weighted by atomic mass is 10.2. The van der Waals surface area contributed by atoms with Gasteiger partial charge in [-0.1, -0.05) is 13.8 Å². The molecule has 0 spiro atoms. The van der Waals surface area contributed by atoms with Crippen LogP contribution in [0.4, 0.5) is 0 Å². The van der Waals surface area contributed by atoms with E-state index in [2.05, 4.69) is 4.99 Å². The minimum atomic E-state index is -0.428. The smallest absolute Gasteiger partial charge is 0.341 e. The van der Waals surface area contributed by atoms with Gasteiger partial charge in [-0.05, 0) is 13.8 Å². The Kier molecular flexibility index (Phi) is 10.6.